The summed E-state index contributed by atoms with van der Waals surface area (Å²) in [7, 11) is 0. The largest absolute Gasteiger partial charge is 0.309 e. The molecular weight excluding hydrogens is 517 g/mol. The lowest BCUT2D eigenvalue weighted by molar-refractivity contribution is 1.18. The third-order valence-corrected chi connectivity index (χ3v) is 5.48. The summed E-state index contributed by atoms with van der Waals surface area (Å²) in [6, 6.07) is 21.5. The molecule has 0 saturated heterocycles. The Labute approximate surface area is 158 Å². The molecule has 1 heterocycles. The van der Waals surface area contributed by atoms with E-state index in [1.165, 1.54) is 31.1 Å². The van der Waals surface area contributed by atoms with E-state index in [1.54, 1.807) is 0 Å². The molecular formula is C18H10Br2IN. The molecule has 0 atom stereocenters. The predicted molar refractivity (Wildman–Crippen MR) is 109 cm³/mol. The summed E-state index contributed by atoms with van der Waals surface area (Å²) in [6.07, 6.45) is 0. The molecule has 0 spiro atoms. The van der Waals surface area contributed by atoms with Crippen LogP contribution in [0.1, 0.15) is 0 Å². The molecule has 4 rings (SSSR count). The molecule has 0 aliphatic heterocycles. The first-order valence-electron chi connectivity index (χ1n) is 6.79. The van der Waals surface area contributed by atoms with Gasteiger partial charge in [-0.15, -0.1) is 0 Å². The SMILES string of the molecule is Brc1ccc2c(c1)c1cc(Br)ccc1n2-c1ccc(I)cc1. The first kappa shape index (κ1) is 14.7. The Morgan fingerprint density at radius 2 is 1.18 bits per heavy atom. The summed E-state index contributed by atoms with van der Waals surface area (Å²) in [5, 5.41) is 2.51. The van der Waals surface area contributed by atoms with Crippen LogP contribution in [-0.2, 0) is 0 Å². The lowest BCUT2D eigenvalue weighted by Gasteiger charge is -2.08. The summed E-state index contributed by atoms with van der Waals surface area (Å²) in [4.78, 5) is 0. The smallest absolute Gasteiger partial charge is 0.0541 e. The summed E-state index contributed by atoms with van der Waals surface area (Å²) in [5.41, 5.74) is 3.63. The molecule has 0 unspecified atom stereocenters. The number of benzene rings is 3. The van der Waals surface area contributed by atoms with Crippen molar-refractivity contribution >= 4 is 76.3 Å². The molecule has 22 heavy (non-hydrogen) atoms. The highest BCUT2D eigenvalue weighted by atomic mass is 127. The Morgan fingerprint density at radius 1 is 0.682 bits per heavy atom. The third kappa shape index (κ3) is 2.41. The minimum absolute atomic E-state index is 1.10. The van der Waals surface area contributed by atoms with Gasteiger partial charge in [-0.05, 0) is 83.3 Å². The van der Waals surface area contributed by atoms with Gasteiger partial charge in [0.05, 0.1) is 11.0 Å². The van der Waals surface area contributed by atoms with E-state index < -0.39 is 0 Å². The molecule has 0 N–H and O–H groups in total. The van der Waals surface area contributed by atoms with Crippen molar-refractivity contribution in [1.29, 1.82) is 0 Å². The van der Waals surface area contributed by atoms with Gasteiger partial charge in [0, 0.05) is 29.0 Å². The first-order chi connectivity index (χ1) is 10.6. The molecule has 0 bridgehead atoms. The van der Waals surface area contributed by atoms with Crippen molar-refractivity contribution in [2.45, 2.75) is 0 Å². The van der Waals surface area contributed by atoms with E-state index in [0.29, 0.717) is 0 Å². The van der Waals surface area contributed by atoms with Crippen LogP contribution >= 0.6 is 54.5 Å². The van der Waals surface area contributed by atoms with Crippen molar-refractivity contribution < 1.29 is 0 Å². The van der Waals surface area contributed by atoms with Gasteiger partial charge < -0.3 is 4.57 Å². The molecule has 1 aromatic heterocycles. The second-order valence-corrected chi connectivity index (χ2v) is 8.21. The Hall–Kier alpha value is -0.850. The van der Waals surface area contributed by atoms with Crippen molar-refractivity contribution in [3.8, 4) is 5.69 Å². The summed E-state index contributed by atoms with van der Waals surface area (Å²) >= 11 is 9.52. The Kier molecular flexibility index (Phi) is 3.78. The number of aromatic nitrogens is 1. The van der Waals surface area contributed by atoms with Crippen molar-refractivity contribution in [1.82, 2.24) is 4.57 Å². The highest BCUT2D eigenvalue weighted by molar-refractivity contribution is 14.1. The van der Waals surface area contributed by atoms with E-state index >= 15 is 0 Å². The summed E-state index contributed by atoms with van der Waals surface area (Å²) in [6.45, 7) is 0. The highest BCUT2D eigenvalue weighted by Crippen LogP contribution is 2.35. The molecule has 108 valence electrons. The molecule has 0 aliphatic rings. The predicted octanol–water partition coefficient (Wildman–Crippen LogP) is 6.91. The summed E-state index contributed by atoms with van der Waals surface area (Å²) < 4.78 is 5.76. The fraction of sp³-hybridized carbons (Fsp3) is 0. The van der Waals surface area contributed by atoms with Gasteiger partial charge >= 0.3 is 0 Å². The fourth-order valence-electron chi connectivity index (χ4n) is 2.84. The molecule has 1 nitrogen and oxygen atoms in total. The molecule has 0 radical (unpaired) electrons. The van der Waals surface area contributed by atoms with E-state index in [2.05, 4.69) is 120 Å². The monoisotopic (exact) mass is 525 g/mol. The Morgan fingerprint density at radius 3 is 1.68 bits per heavy atom. The van der Waals surface area contributed by atoms with Gasteiger partial charge in [0.1, 0.15) is 0 Å². The minimum Gasteiger partial charge on any atom is -0.309 e. The van der Waals surface area contributed by atoms with Gasteiger partial charge in [0.2, 0.25) is 0 Å². The average molecular weight is 527 g/mol. The third-order valence-electron chi connectivity index (χ3n) is 3.77. The van der Waals surface area contributed by atoms with Crippen molar-refractivity contribution in [2.75, 3.05) is 0 Å². The summed E-state index contributed by atoms with van der Waals surface area (Å²) in [5.74, 6) is 0. The maximum atomic E-state index is 3.59. The Bertz CT molecular complexity index is 944. The van der Waals surface area contributed by atoms with E-state index in [1.807, 2.05) is 0 Å². The van der Waals surface area contributed by atoms with Crippen molar-refractivity contribution in [3.05, 3.63) is 73.2 Å². The maximum absolute atomic E-state index is 3.59. The fourth-order valence-corrected chi connectivity index (χ4v) is 3.92. The number of fused-ring (bicyclic) bond motifs is 3. The van der Waals surface area contributed by atoms with Crippen LogP contribution in [0.5, 0.6) is 0 Å². The van der Waals surface area contributed by atoms with Crippen molar-refractivity contribution in [2.24, 2.45) is 0 Å². The molecule has 0 saturated carbocycles. The van der Waals surface area contributed by atoms with E-state index in [4.69, 9.17) is 0 Å². The van der Waals surface area contributed by atoms with Crippen LogP contribution in [0, 0.1) is 3.57 Å². The zero-order chi connectivity index (χ0) is 15.3. The van der Waals surface area contributed by atoms with Crippen LogP contribution in [-0.4, -0.2) is 4.57 Å². The van der Waals surface area contributed by atoms with E-state index in [-0.39, 0.29) is 0 Å². The number of hydrogen-bond donors (Lipinski definition) is 0. The van der Waals surface area contributed by atoms with Gasteiger partial charge in [-0.1, -0.05) is 31.9 Å². The molecule has 0 amide bonds. The molecule has 0 fully saturated rings. The topological polar surface area (TPSA) is 4.93 Å². The number of nitrogens with zero attached hydrogens (tertiary/aromatic N) is 1. The van der Waals surface area contributed by atoms with Gasteiger partial charge in [-0.25, -0.2) is 0 Å². The maximum Gasteiger partial charge on any atom is 0.0541 e. The number of rotatable bonds is 1. The van der Waals surface area contributed by atoms with Gasteiger partial charge in [0.15, 0.2) is 0 Å². The van der Waals surface area contributed by atoms with E-state index in [0.717, 1.165) is 8.95 Å². The lowest BCUT2D eigenvalue weighted by Crippen LogP contribution is -1.93. The highest BCUT2D eigenvalue weighted by Gasteiger charge is 2.12. The van der Waals surface area contributed by atoms with Crippen LogP contribution in [0.4, 0.5) is 0 Å². The van der Waals surface area contributed by atoms with Crippen LogP contribution in [0.15, 0.2) is 69.6 Å². The van der Waals surface area contributed by atoms with E-state index in [9.17, 15) is 0 Å². The quantitative estimate of drug-likeness (QED) is 0.237. The molecule has 4 heteroatoms. The number of hydrogen-bond acceptors (Lipinski definition) is 0. The number of halogens is 3. The van der Waals surface area contributed by atoms with Crippen molar-refractivity contribution in [3.63, 3.8) is 0 Å². The second kappa shape index (κ2) is 5.65. The molecule has 4 aromatic rings. The minimum atomic E-state index is 1.10. The normalized spacial score (nSPS) is 11.4. The van der Waals surface area contributed by atoms with Crippen LogP contribution < -0.4 is 0 Å². The Balaban J connectivity index is 2.17. The second-order valence-electron chi connectivity index (χ2n) is 5.13. The molecule has 0 aliphatic carbocycles. The van der Waals surface area contributed by atoms with Gasteiger partial charge in [-0.3, -0.25) is 0 Å². The van der Waals surface area contributed by atoms with Crippen LogP contribution in [0.3, 0.4) is 0 Å². The zero-order valence-electron chi connectivity index (χ0n) is 11.4. The average Bonchev–Trinajstić information content (AvgIpc) is 2.81. The zero-order valence-corrected chi connectivity index (χ0v) is 16.7. The lowest BCUT2D eigenvalue weighted by atomic mass is 10.2. The molecule has 3 aromatic carbocycles. The van der Waals surface area contributed by atoms with Crippen LogP contribution in [0.2, 0.25) is 0 Å². The van der Waals surface area contributed by atoms with Gasteiger partial charge in [-0.2, -0.15) is 0 Å². The van der Waals surface area contributed by atoms with Crippen LogP contribution in [0.25, 0.3) is 27.5 Å². The standard InChI is InChI=1S/C18H10Br2IN/c19-11-1-7-17-15(9-11)16-10-12(20)2-8-18(16)22(17)14-5-3-13(21)4-6-14/h1-10H. The first-order valence-corrected chi connectivity index (χ1v) is 9.45. The van der Waals surface area contributed by atoms with Gasteiger partial charge in [0.25, 0.3) is 0 Å².